The van der Waals surface area contributed by atoms with E-state index in [1.165, 1.54) is 18.4 Å². The molecule has 0 radical (unpaired) electrons. The zero-order chi connectivity index (χ0) is 25.0. The molecule has 0 spiro atoms. The smallest absolute Gasteiger partial charge is 0.341 e. The number of hydrogen-bond acceptors (Lipinski definition) is 7. The summed E-state index contributed by atoms with van der Waals surface area (Å²) in [7, 11) is 1.26. The van der Waals surface area contributed by atoms with Crippen LogP contribution >= 0.6 is 34.5 Å². The Morgan fingerprint density at radius 2 is 1.77 bits per heavy atom. The van der Waals surface area contributed by atoms with Crippen LogP contribution in [0.5, 0.6) is 0 Å². The number of para-hydroxylation sites is 1. The van der Waals surface area contributed by atoms with Gasteiger partial charge in [-0.05, 0) is 49.2 Å². The Balaban J connectivity index is 1.63. The van der Waals surface area contributed by atoms with Gasteiger partial charge in [-0.1, -0.05) is 47.5 Å². The molecule has 7 nitrogen and oxygen atoms in total. The minimum atomic E-state index is -1.09. The highest BCUT2D eigenvalue weighted by Crippen LogP contribution is 2.50. The summed E-state index contributed by atoms with van der Waals surface area (Å²) in [5.74, 6) is -2.51. The number of methoxy groups -OCH3 is 1. The molecule has 35 heavy (non-hydrogen) atoms. The van der Waals surface area contributed by atoms with Crippen molar-refractivity contribution in [3.63, 3.8) is 0 Å². The number of halogens is 2. The first-order chi connectivity index (χ1) is 16.7. The Kier molecular flexibility index (Phi) is 6.09. The number of aryl methyl sites for hydroxylation is 1. The first-order valence-corrected chi connectivity index (χ1v) is 12.3. The fraction of sp³-hybridized carbons (Fsp3) is 0.240. The van der Waals surface area contributed by atoms with Gasteiger partial charge in [-0.25, -0.2) is 14.8 Å². The number of fused-ring (bicyclic) bond motifs is 1. The summed E-state index contributed by atoms with van der Waals surface area (Å²) in [5, 5.41) is 2.60. The Hall–Kier alpha value is -2.91. The highest BCUT2D eigenvalue weighted by molar-refractivity contribution is 7.17. The van der Waals surface area contributed by atoms with Crippen LogP contribution in [0.15, 0.2) is 48.5 Å². The fourth-order valence-corrected chi connectivity index (χ4v) is 6.25. The number of carbonyl (C=O) groups is 3. The predicted octanol–water partition coefficient (Wildman–Crippen LogP) is 5.51. The van der Waals surface area contributed by atoms with Crippen molar-refractivity contribution in [3.8, 4) is 0 Å². The molecule has 2 saturated heterocycles. The molecule has 0 unspecified atom stereocenters. The lowest BCUT2D eigenvalue weighted by molar-refractivity contribution is -0.126. The minimum Gasteiger partial charge on any atom is -0.465 e. The first-order valence-electron chi connectivity index (χ1n) is 10.8. The van der Waals surface area contributed by atoms with Crippen LogP contribution in [0.1, 0.15) is 32.4 Å². The number of thiophene rings is 1. The van der Waals surface area contributed by atoms with E-state index < -0.39 is 35.8 Å². The van der Waals surface area contributed by atoms with Crippen LogP contribution in [-0.2, 0) is 19.2 Å². The minimum absolute atomic E-state index is 0.206. The molecule has 5 rings (SSSR count). The van der Waals surface area contributed by atoms with Crippen LogP contribution in [-0.4, -0.2) is 31.0 Å². The van der Waals surface area contributed by atoms with Gasteiger partial charge in [0.15, 0.2) is 6.10 Å². The molecule has 10 heteroatoms. The number of hydrogen-bond donors (Lipinski definition) is 0. The molecule has 0 aliphatic carbocycles. The molecule has 2 fully saturated rings. The lowest BCUT2D eigenvalue weighted by atomic mass is 9.90. The summed E-state index contributed by atoms with van der Waals surface area (Å²) in [6.07, 6.45) is -1.09. The standard InChI is InChI=1S/C25H20Cl2N2O5S/c1-12-13(2)35-24(18(12)25(32)33-3)28-22(30)19-20(16-10-9-14(26)11-17(16)27)29(34-21(19)23(28)31)15-7-5-4-6-8-15/h4-11,19-21H,1-3H3/t19-,20-,21-/m1/s1. The second kappa shape index (κ2) is 8.95. The highest BCUT2D eigenvalue weighted by Gasteiger charge is 2.61. The number of ether oxygens (including phenoxy) is 1. The topological polar surface area (TPSA) is 76.2 Å². The third kappa shape index (κ3) is 3.72. The van der Waals surface area contributed by atoms with Crippen molar-refractivity contribution < 1.29 is 24.0 Å². The van der Waals surface area contributed by atoms with Crippen LogP contribution in [0.3, 0.4) is 0 Å². The number of amides is 2. The molecule has 3 heterocycles. The summed E-state index contributed by atoms with van der Waals surface area (Å²) in [6.45, 7) is 3.59. The second-order valence-electron chi connectivity index (χ2n) is 8.29. The van der Waals surface area contributed by atoms with Crippen LogP contribution in [0.25, 0.3) is 0 Å². The Labute approximate surface area is 215 Å². The van der Waals surface area contributed by atoms with Crippen LogP contribution in [0.4, 0.5) is 10.7 Å². The summed E-state index contributed by atoms with van der Waals surface area (Å²) in [4.78, 5) is 48.1. The SMILES string of the molecule is COC(=O)c1c(N2C(=O)[C@@H]3[C@@H](c4ccc(Cl)cc4Cl)N(c4ccccc4)O[C@H]3C2=O)sc(C)c1C. The zero-order valence-electron chi connectivity index (χ0n) is 19.0. The van der Waals surface area contributed by atoms with Gasteiger partial charge in [0.25, 0.3) is 5.91 Å². The van der Waals surface area contributed by atoms with E-state index in [0.29, 0.717) is 26.9 Å². The van der Waals surface area contributed by atoms with E-state index in [2.05, 4.69) is 0 Å². The molecule has 2 amide bonds. The van der Waals surface area contributed by atoms with Gasteiger partial charge in [-0.3, -0.25) is 14.4 Å². The summed E-state index contributed by atoms with van der Waals surface area (Å²) < 4.78 is 4.94. The van der Waals surface area contributed by atoms with Gasteiger partial charge in [0.2, 0.25) is 5.91 Å². The summed E-state index contributed by atoms with van der Waals surface area (Å²) >= 11 is 13.9. The van der Waals surface area contributed by atoms with Crippen molar-refractivity contribution in [2.24, 2.45) is 5.92 Å². The van der Waals surface area contributed by atoms with Crippen molar-refractivity contribution in [3.05, 3.63) is 80.1 Å². The summed E-state index contributed by atoms with van der Waals surface area (Å²) in [5.41, 5.74) is 2.14. The number of imide groups is 1. The van der Waals surface area contributed by atoms with E-state index in [9.17, 15) is 14.4 Å². The molecule has 0 N–H and O–H groups in total. The molecular formula is C25H20Cl2N2O5S. The van der Waals surface area contributed by atoms with Gasteiger partial charge in [0.05, 0.1) is 24.4 Å². The average molecular weight is 531 g/mol. The third-order valence-electron chi connectivity index (χ3n) is 6.37. The zero-order valence-corrected chi connectivity index (χ0v) is 21.3. The highest BCUT2D eigenvalue weighted by atomic mass is 35.5. The largest absolute Gasteiger partial charge is 0.465 e. The lowest BCUT2D eigenvalue weighted by Gasteiger charge is -2.29. The number of benzene rings is 2. The van der Waals surface area contributed by atoms with Gasteiger partial charge < -0.3 is 4.74 Å². The van der Waals surface area contributed by atoms with E-state index in [1.807, 2.05) is 37.3 Å². The molecule has 1 aromatic heterocycles. The number of esters is 1. The van der Waals surface area contributed by atoms with Crippen LogP contribution in [0.2, 0.25) is 10.0 Å². The van der Waals surface area contributed by atoms with Crippen molar-refractivity contribution in [1.82, 2.24) is 0 Å². The lowest BCUT2D eigenvalue weighted by Crippen LogP contribution is -2.37. The van der Waals surface area contributed by atoms with Crippen molar-refractivity contribution in [1.29, 1.82) is 0 Å². The van der Waals surface area contributed by atoms with Gasteiger partial charge in [-0.2, -0.15) is 0 Å². The number of hydroxylamine groups is 1. The van der Waals surface area contributed by atoms with Crippen molar-refractivity contribution in [2.75, 3.05) is 17.1 Å². The molecule has 0 bridgehead atoms. The normalized spacial score (nSPS) is 21.6. The predicted molar refractivity (Wildman–Crippen MR) is 134 cm³/mol. The van der Waals surface area contributed by atoms with E-state index in [-0.39, 0.29) is 10.6 Å². The van der Waals surface area contributed by atoms with Crippen LogP contribution < -0.4 is 9.96 Å². The number of rotatable bonds is 4. The third-order valence-corrected chi connectivity index (χ3v) is 8.12. The quantitative estimate of drug-likeness (QED) is 0.327. The fourth-order valence-electron chi connectivity index (χ4n) is 4.58. The first kappa shape index (κ1) is 23.8. The van der Waals surface area contributed by atoms with E-state index in [1.54, 1.807) is 30.2 Å². The molecule has 180 valence electrons. The monoisotopic (exact) mass is 530 g/mol. The molecule has 2 aromatic carbocycles. The van der Waals surface area contributed by atoms with E-state index >= 15 is 0 Å². The van der Waals surface area contributed by atoms with Crippen molar-refractivity contribution >= 4 is 63.0 Å². The van der Waals surface area contributed by atoms with Crippen LogP contribution in [0, 0.1) is 19.8 Å². The van der Waals surface area contributed by atoms with Gasteiger partial charge in [0, 0.05) is 14.9 Å². The van der Waals surface area contributed by atoms with Crippen molar-refractivity contribution in [2.45, 2.75) is 26.0 Å². The molecular weight excluding hydrogens is 511 g/mol. The number of nitrogens with zero attached hydrogens (tertiary/aromatic N) is 2. The average Bonchev–Trinajstić information content (AvgIpc) is 3.44. The Bertz CT molecular complexity index is 1360. The Morgan fingerprint density at radius 3 is 2.43 bits per heavy atom. The molecule has 3 atom stereocenters. The molecule has 0 saturated carbocycles. The van der Waals surface area contributed by atoms with Gasteiger partial charge >= 0.3 is 5.97 Å². The van der Waals surface area contributed by atoms with E-state index in [4.69, 9.17) is 32.8 Å². The second-order valence-corrected chi connectivity index (χ2v) is 10.3. The Morgan fingerprint density at radius 1 is 1.06 bits per heavy atom. The summed E-state index contributed by atoms with van der Waals surface area (Å²) in [6, 6.07) is 13.5. The van der Waals surface area contributed by atoms with Gasteiger partial charge in [-0.15, -0.1) is 11.3 Å². The maximum Gasteiger partial charge on any atom is 0.341 e. The van der Waals surface area contributed by atoms with E-state index in [0.717, 1.165) is 9.78 Å². The maximum atomic E-state index is 13.9. The molecule has 2 aliphatic rings. The maximum absolute atomic E-state index is 13.9. The number of carbonyl (C=O) groups excluding carboxylic acids is 3. The van der Waals surface area contributed by atoms with Gasteiger partial charge in [0.1, 0.15) is 10.9 Å². The molecule has 2 aliphatic heterocycles. The number of anilines is 2. The molecule has 3 aromatic rings.